The van der Waals surface area contributed by atoms with Gasteiger partial charge in [-0.05, 0) is 38.5 Å². The first-order valence-corrected chi connectivity index (χ1v) is 9.51. The minimum absolute atomic E-state index is 0.116. The summed E-state index contributed by atoms with van der Waals surface area (Å²) in [5.74, 6) is 0.125. The van der Waals surface area contributed by atoms with Gasteiger partial charge in [-0.2, -0.15) is 0 Å². The van der Waals surface area contributed by atoms with E-state index in [9.17, 15) is 9.59 Å². The number of aromatic amines is 1. The van der Waals surface area contributed by atoms with E-state index in [1.807, 2.05) is 23.7 Å². The number of hydrogen-bond donors (Lipinski definition) is 1. The van der Waals surface area contributed by atoms with E-state index in [0.717, 1.165) is 5.56 Å². The van der Waals surface area contributed by atoms with Gasteiger partial charge < -0.3 is 14.3 Å². The second kappa shape index (κ2) is 7.97. The average Bonchev–Trinajstić information content (AvgIpc) is 3.20. The Morgan fingerprint density at radius 1 is 1.21 bits per heavy atom. The van der Waals surface area contributed by atoms with Crippen LogP contribution in [0.5, 0.6) is 0 Å². The molecule has 1 atom stereocenters. The first-order valence-electron chi connectivity index (χ1n) is 8.63. The number of methoxy groups -OCH3 is 1. The van der Waals surface area contributed by atoms with Gasteiger partial charge in [-0.25, -0.2) is 4.79 Å². The van der Waals surface area contributed by atoms with Crippen LogP contribution < -0.4 is 0 Å². The van der Waals surface area contributed by atoms with Crippen LogP contribution in [0.2, 0.25) is 0 Å². The first kappa shape index (κ1) is 19.8. The van der Waals surface area contributed by atoms with Crippen molar-refractivity contribution in [1.29, 1.82) is 0 Å². The van der Waals surface area contributed by atoms with Crippen LogP contribution in [0.3, 0.4) is 0 Å². The molecule has 0 radical (unpaired) electrons. The van der Waals surface area contributed by atoms with Gasteiger partial charge in [0.05, 0.1) is 23.6 Å². The average molecular weight is 399 g/mol. The van der Waals surface area contributed by atoms with Crippen LogP contribution in [0.25, 0.3) is 11.4 Å². The molecule has 28 heavy (non-hydrogen) atoms. The molecule has 3 rings (SSSR count). The topological polar surface area (TPSA) is 103 Å². The van der Waals surface area contributed by atoms with Crippen molar-refractivity contribution in [2.75, 3.05) is 7.11 Å². The van der Waals surface area contributed by atoms with E-state index in [1.54, 1.807) is 33.2 Å². The van der Waals surface area contributed by atoms with Crippen molar-refractivity contribution in [2.24, 2.45) is 7.05 Å². The summed E-state index contributed by atoms with van der Waals surface area (Å²) in [4.78, 5) is 31.9. The molecule has 0 unspecified atom stereocenters. The third-order valence-electron chi connectivity index (χ3n) is 4.50. The number of pyridine rings is 1. The quantitative estimate of drug-likeness (QED) is 0.386. The molecular weight excluding hydrogens is 378 g/mol. The van der Waals surface area contributed by atoms with Crippen LogP contribution in [0.15, 0.2) is 29.7 Å². The number of carbonyl (C=O) groups excluding carboxylic acids is 2. The van der Waals surface area contributed by atoms with Crippen LogP contribution >= 0.6 is 11.8 Å². The molecule has 1 N–H and O–H groups in total. The lowest BCUT2D eigenvalue weighted by molar-refractivity contribution is 0.0599. The fourth-order valence-electron chi connectivity index (χ4n) is 2.99. The number of H-pyrrole nitrogens is 1. The zero-order valence-electron chi connectivity index (χ0n) is 16.3. The highest BCUT2D eigenvalue weighted by Crippen LogP contribution is 2.29. The van der Waals surface area contributed by atoms with Crippen molar-refractivity contribution in [1.82, 2.24) is 24.7 Å². The molecule has 0 fully saturated rings. The summed E-state index contributed by atoms with van der Waals surface area (Å²) < 4.78 is 6.65. The predicted octanol–water partition coefficient (Wildman–Crippen LogP) is 2.97. The summed E-state index contributed by atoms with van der Waals surface area (Å²) in [5, 5.41) is 8.64. The maximum Gasteiger partial charge on any atom is 0.339 e. The number of aryl methyl sites for hydroxylation is 1. The van der Waals surface area contributed by atoms with Crippen molar-refractivity contribution >= 4 is 23.5 Å². The van der Waals surface area contributed by atoms with Gasteiger partial charge in [0.1, 0.15) is 0 Å². The van der Waals surface area contributed by atoms with Crippen LogP contribution in [0, 0.1) is 13.8 Å². The van der Waals surface area contributed by atoms with Crippen LogP contribution in [0.1, 0.15) is 39.0 Å². The summed E-state index contributed by atoms with van der Waals surface area (Å²) in [6.07, 6.45) is 3.39. The number of carbonyl (C=O) groups is 2. The SMILES string of the molecule is COC(=O)c1c(C)[nH]c(C(=O)[C@H](C)Sc2nnc(-c3ccncc3)n2C)c1C. The van der Waals surface area contributed by atoms with E-state index in [0.29, 0.717) is 33.5 Å². The van der Waals surface area contributed by atoms with Crippen LogP contribution in [-0.4, -0.2) is 48.8 Å². The van der Waals surface area contributed by atoms with Crippen molar-refractivity contribution in [3.8, 4) is 11.4 Å². The smallest absolute Gasteiger partial charge is 0.339 e. The van der Waals surface area contributed by atoms with Gasteiger partial charge in [0.15, 0.2) is 16.8 Å². The summed E-state index contributed by atoms with van der Waals surface area (Å²) >= 11 is 1.31. The maximum atomic E-state index is 13.0. The number of hydrogen-bond acceptors (Lipinski definition) is 7. The van der Waals surface area contributed by atoms with Gasteiger partial charge in [0, 0.05) is 30.7 Å². The Labute approximate surface area is 166 Å². The molecule has 0 aromatic carbocycles. The first-order chi connectivity index (χ1) is 13.3. The molecule has 3 aromatic heterocycles. The van der Waals surface area contributed by atoms with E-state index in [2.05, 4.69) is 20.2 Å². The highest BCUT2D eigenvalue weighted by Gasteiger charge is 2.27. The van der Waals surface area contributed by atoms with Gasteiger partial charge >= 0.3 is 5.97 Å². The maximum absolute atomic E-state index is 13.0. The standard InChI is InChI=1S/C19H21N5O3S/c1-10-14(18(26)27-5)11(2)21-15(10)16(25)12(3)28-19-23-22-17(24(19)4)13-6-8-20-9-7-13/h6-9,12,21H,1-5H3/t12-/m0/s1. The van der Waals surface area contributed by atoms with Gasteiger partial charge in [-0.1, -0.05) is 11.8 Å². The molecule has 3 heterocycles. The normalized spacial score (nSPS) is 12.0. The molecule has 0 amide bonds. The van der Waals surface area contributed by atoms with Gasteiger partial charge in [0.25, 0.3) is 0 Å². The lowest BCUT2D eigenvalue weighted by atomic mass is 10.1. The monoisotopic (exact) mass is 399 g/mol. The summed E-state index contributed by atoms with van der Waals surface area (Å²) in [5.41, 5.74) is 2.92. The molecule has 0 spiro atoms. The number of esters is 1. The number of Topliss-reactive ketones (excluding diaryl/α,β-unsaturated/α-hetero) is 1. The van der Waals surface area contributed by atoms with E-state index < -0.39 is 11.2 Å². The highest BCUT2D eigenvalue weighted by atomic mass is 32.2. The Bertz CT molecular complexity index is 1030. The molecule has 0 aliphatic carbocycles. The Kier molecular flexibility index (Phi) is 5.64. The molecular formula is C19H21N5O3S. The van der Waals surface area contributed by atoms with Crippen LogP contribution in [-0.2, 0) is 11.8 Å². The number of rotatable bonds is 6. The molecule has 0 aliphatic rings. The second-order valence-electron chi connectivity index (χ2n) is 6.34. The van der Waals surface area contributed by atoms with Gasteiger partial charge in [-0.15, -0.1) is 10.2 Å². The van der Waals surface area contributed by atoms with Crippen molar-refractivity contribution < 1.29 is 14.3 Å². The van der Waals surface area contributed by atoms with Crippen molar-refractivity contribution in [3.05, 3.63) is 47.0 Å². The summed E-state index contributed by atoms with van der Waals surface area (Å²) in [6, 6.07) is 3.71. The molecule has 0 bridgehead atoms. The number of ketones is 1. The Morgan fingerprint density at radius 3 is 2.54 bits per heavy atom. The Balaban J connectivity index is 1.83. The predicted molar refractivity (Wildman–Crippen MR) is 105 cm³/mol. The minimum Gasteiger partial charge on any atom is -0.465 e. The van der Waals surface area contributed by atoms with E-state index >= 15 is 0 Å². The highest BCUT2D eigenvalue weighted by molar-refractivity contribution is 8.00. The number of thioether (sulfide) groups is 1. The van der Waals surface area contributed by atoms with Gasteiger partial charge in [0.2, 0.25) is 0 Å². The number of nitrogens with zero attached hydrogens (tertiary/aromatic N) is 4. The van der Waals surface area contributed by atoms with E-state index in [-0.39, 0.29) is 5.78 Å². The molecule has 3 aromatic rings. The fourth-order valence-corrected chi connectivity index (χ4v) is 3.86. The van der Waals surface area contributed by atoms with E-state index in [1.165, 1.54) is 18.9 Å². The number of ether oxygens (including phenoxy) is 1. The second-order valence-corrected chi connectivity index (χ2v) is 7.65. The molecule has 0 saturated heterocycles. The molecule has 8 nitrogen and oxygen atoms in total. The summed E-state index contributed by atoms with van der Waals surface area (Å²) in [7, 11) is 3.18. The zero-order chi connectivity index (χ0) is 20.4. The summed E-state index contributed by atoms with van der Waals surface area (Å²) in [6.45, 7) is 5.29. The third-order valence-corrected chi connectivity index (χ3v) is 5.63. The Morgan fingerprint density at radius 2 is 1.89 bits per heavy atom. The Hall–Kier alpha value is -2.94. The number of aromatic nitrogens is 5. The lowest BCUT2D eigenvalue weighted by Crippen LogP contribution is -2.16. The fraction of sp³-hybridized carbons (Fsp3) is 0.316. The van der Waals surface area contributed by atoms with Crippen molar-refractivity contribution in [3.63, 3.8) is 0 Å². The third kappa shape index (κ3) is 3.57. The van der Waals surface area contributed by atoms with Gasteiger partial charge in [-0.3, -0.25) is 9.78 Å². The largest absolute Gasteiger partial charge is 0.465 e. The van der Waals surface area contributed by atoms with Crippen LogP contribution in [0.4, 0.5) is 0 Å². The zero-order valence-corrected chi connectivity index (χ0v) is 17.1. The van der Waals surface area contributed by atoms with Crippen molar-refractivity contribution in [2.45, 2.75) is 31.2 Å². The lowest BCUT2D eigenvalue weighted by Gasteiger charge is -2.10. The molecule has 146 valence electrons. The minimum atomic E-state index is -0.457. The van der Waals surface area contributed by atoms with E-state index in [4.69, 9.17) is 4.74 Å². The number of nitrogens with one attached hydrogen (secondary N) is 1. The molecule has 0 saturated carbocycles. The molecule has 9 heteroatoms. The molecule has 0 aliphatic heterocycles.